The van der Waals surface area contributed by atoms with Gasteiger partial charge in [-0.15, -0.1) is 11.3 Å². The van der Waals surface area contributed by atoms with E-state index in [1.54, 1.807) is 6.07 Å². The Bertz CT molecular complexity index is 1040. The Labute approximate surface area is 159 Å². The van der Waals surface area contributed by atoms with Gasteiger partial charge in [-0.25, -0.2) is 17.9 Å². The van der Waals surface area contributed by atoms with Gasteiger partial charge >= 0.3 is 5.97 Å². The average molecular weight is 408 g/mol. The fraction of sp³-hybridized carbons (Fsp3) is 0.176. The maximum absolute atomic E-state index is 12.3. The standard InChI is InChI=1S/C17H16N2O6S2/c1-18-27(21,22)16-8-11(5-6-13(16)23-2)17(20)24-10-12-9-14(25-19-12)15-4-3-7-26-15/h3-9,18H,10H2,1-2H3. The van der Waals surface area contributed by atoms with Crippen LogP contribution in [0.5, 0.6) is 5.75 Å². The first-order chi connectivity index (χ1) is 12.9. The van der Waals surface area contributed by atoms with Crippen molar-refractivity contribution in [2.75, 3.05) is 14.2 Å². The molecule has 0 atom stereocenters. The molecule has 0 aliphatic rings. The van der Waals surface area contributed by atoms with Crippen molar-refractivity contribution >= 4 is 27.3 Å². The molecule has 0 saturated carbocycles. The van der Waals surface area contributed by atoms with Crippen molar-refractivity contribution in [2.45, 2.75) is 11.5 Å². The van der Waals surface area contributed by atoms with Gasteiger partial charge in [0.2, 0.25) is 10.0 Å². The number of carbonyl (C=O) groups excluding carboxylic acids is 1. The summed E-state index contributed by atoms with van der Waals surface area (Å²) in [6.45, 7) is -0.103. The van der Waals surface area contributed by atoms with E-state index in [4.69, 9.17) is 14.0 Å². The van der Waals surface area contributed by atoms with Crippen molar-refractivity contribution in [1.82, 2.24) is 9.88 Å². The number of nitrogens with zero attached hydrogens (tertiary/aromatic N) is 1. The van der Waals surface area contributed by atoms with Crippen molar-refractivity contribution in [3.8, 4) is 16.4 Å². The Hall–Kier alpha value is -2.69. The molecular formula is C17H16N2O6S2. The summed E-state index contributed by atoms with van der Waals surface area (Å²) in [4.78, 5) is 13.1. The molecule has 142 valence electrons. The van der Waals surface area contributed by atoms with Gasteiger partial charge in [-0.2, -0.15) is 0 Å². The highest BCUT2D eigenvalue weighted by atomic mass is 32.2. The first-order valence-corrected chi connectivity index (χ1v) is 10.1. The third-order valence-corrected chi connectivity index (χ3v) is 5.95. The van der Waals surface area contributed by atoms with E-state index in [0.29, 0.717) is 11.5 Å². The molecule has 0 radical (unpaired) electrons. The lowest BCUT2D eigenvalue weighted by atomic mass is 10.2. The van der Waals surface area contributed by atoms with Crippen LogP contribution in [0.1, 0.15) is 16.1 Å². The molecule has 0 unspecified atom stereocenters. The summed E-state index contributed by atoms with van der Waals surface area (Å²) < 4.78 is 41.8. The van der Waals surface area contributed by atoms with Gasteiger partial charge < -0.3 is 14.0 Å². The molecule has 0 spiro atoms. The molecule has 27 heavy (non-hydrogen) atoms. The number of ether oxygens (including phenoxy) is 2. The minimum absolute atomic E-state index is 0.0756. The fourth-order valence-corrected chi connectivity index (χ4v) is 3.85. The number of methoxy groups -OCH3 is 1. The number of hydrogen-bond donors (Lipinski definition) is 1. The maximum atomic E-state index is 12.3. The first-order valence-electron chi connectivity index (χ1n) is 7.73. The van der Waals surface area contributed by atoms with Crippen LogP contribution >= 0.6 is 11.3 Å². The van der Waals surface area contributed by atoms with Crippen molar-refractivity contribution in [3.05, 3.63) is 53.0 Å². The lowest BCUT2D eigenvalue weighted by molar-refractivity contribution is 0.0464. The summed E-state index contributed by atoms with van der Waals surface area (Å²) in [5.74, 6) is 0.0202. The van der Waals surface area contributed by atoms with Gasteiger partial charge in [0.05, 0.1) is 17.6 Å². The van der Waals surface area contributed by atoms with E-state index in [2.05, 4.69) is 9.88 Å². The van der Waals surface area contributed by atoms with Crippen LogP contribution in [-0.2, 0) is 21.4 Å². The SMILES string of the molecule is CNS(=O)(=O)c1cc(C(=O)OCc2cc(-c3cccs3)on2)ccc1OC. The van der Waals surface area contributed by atoms with Crippen LogP contribution in [-0.4, -0.2) is 33.7 Å². The zero-order valence-electron chi connectivity index (χ0n) is 14.5. The molecule has 0 bridgehead atoms. The number of aromatic nitrogens is 1. The summed E-state index contributed by atoms with van der Waals surface area (Å²) in [5, 5.41) is 5.78. The molecule has 0 saturated heterocycles. The number of thiophene rings is 1. The van der Waals surface area contributed by atoms with Crippen LogP contribution in [0.3, 0.4) is 0 Å². The Balaban J connectivity index is 1.74. The predicted octanol–water partition coefficient (Wildman–Crippen LogP) is 2.68. The maximum Gasteiger partial charge on any atom is 0.338 e. The molecule has 3 rings (SSSR count). The van der Waals surface area contributed by atoms with E-state index in [-0.39, 0.29) is 22.8 Å². The zero-order chi connectivity index (χ0) is 19.4. The van der Waals surface area contributed by atoms with Gasteiger partial charge in [0, 0.05) is 6.07 Å². The number of esters is 1. The molecule has 3 aromatic rings. The van der Waals surface area contributed by atoms with Crippen LogP contribution in [0, 0.1) is 0 Å². The highest BCUT2D eigenvalue weighted by Gasteiger charge is 2.21. The highest BCUT2D eigenvalue weighted by molar-refractivity contribution is 7.89. The lowest BCUT2D eigenvalue weighted by Gasteiger charge is -2.10. The topological polar surface area (TPSA) is 108 Å². The molecule has 0 aliphatic heterocycles. The van der Waals surface area contributed by atoms with Gasteiger partial charge in [-0.3, -0.25) is 0 Å². The highest BCUT2D eigenvalue weighted by Crippen LogP contribution is 2.26. The zero-order valence-corrected chi connectivity index (χ0v) is 16.1. The van der Waals surface area contributed by atoms with Gasteiger partial charge in [0.1, 0.15) is 22.9 Å². The van der Waals surface area contributed by atoms with E-state index in [0.717, 1.165) is 4.88 Å². The van der Waals surface area contributed by atoms with E-state index < -0.39 is 16.0 Å². The molecule has 0 amide bonds. The average Bonchev–Trinajstić information content (AvgIpc) is 3.37. The second kappa shape index (κ2) is 7.91. The molecule has 1 N–H and O–H groups in total. The summed E-state index contributed by atoms with van der Waals surface area (Å²) in [6, 6.07) is 9.49. The second-order valence-electron chi connectivity index (χ2n) is 5.31. The third kappa shape index (κ3) is 4.18. The van der Waals surface area contributed by atoms with Crippen LogP contribution in [0.2, 0.25) is 0 Å². The normalized spacial score (nSPS) is 11.3. The molecule has 10 heteroatoms. The van der Waals surface area contributed by atoms with Crippen LogP contribution in [0.4, 0.5) is 0 Å². The summed E-state index contributed by atoms with van der Waals surface area (Å²) >= 11 is 1.50. The fourth-order valence-electron chi connectivity index (χ4n) is 2.26. The summed E-state index contributed by atoms with van der Waals surface area (Å²) in [6.07, 6.45) is 0. The minimum atomic E-state index is -3.79. The third-order valence-electron chi connectivity index (χ3n) is 3.63. The Kier molecular flexibility index (Phi) is 5.59. The summed E-state index contributed by atoms with van der Waals surface area (Å²) in [7, 11) is -1.18. The van der Waals surface area contributed by atoms with E-state index >= 15 is 0 Å². The monoisotopic (exact) mass is 408 g/mol. The van der Waals surface area contributed by atoms with Gasteiger partial charge in [0.15, 0.2) is 5.76 Å². The number of nitrogens with one attached hydrogen (secondary N) is 1. The van der Waals surface area contributed by atoms with Crippen LogP contribution < -0.4 is 9.46 Å². The largest absolute Gasteiger partial charge is 0.495 e. The van der Waals surface area contributed by atoms with Crippen molar-refractivity contribution < 1.29 is 27.2 Å². The van der Waals surface area contributed by atoms with Crippen molar-refractivity contribution in [1.29, 1.82) is 0 Å². The smallest absolute Gasteiger partial charge is 0.338 e. The van der Waals surface area contributed by atoms with E-state index in [1.807, 2.05) is 17.5 Å². The lowest BCUT2D eigenvalue weighted by Crippen LogP contribution is -2.20. The number of benzene rings is 1. The second-order valence-corrected chi connectivity index (χ2v) is 8.11. The van der Waals surface area contributed by atoms with Gasteiger partial charge in [0.25, 0.3) is 0 Å². The Morgan fingerprint density at radius 2 is 2.11 bits per heavy atom. The summed E-state index contributed by atoms with van der Waals surface area (Å²) in [5.41, 5.74) is 0.523. The number of sulfonamides is 1. The molecular weight excluding hydrogens is 392 g/mol. The molecule has 0 aliphatic carbocycles. The number of hydrogen-bond acceptors (Lipinski definition) is 8. The van der Waals surface area contributed by atoms with E-state index in [1.165, 1.54) is 43.7 Å². The van der Waals surface area contributed by atoms with Crippen molar-refractivity contribution in [3.63, 3.8) is 0 Å². The molecule has 2 heterocycles. The number of carbonyl (C=O) groups is 1. The van der Waals surface area contributed by atoms with Crippen molar-refractivity contribution in [2.24, 2.45) is 0 Å². The molecule has 8 nitrogen and oxygen atoms in total. The van der Waals surface area contributed by atoms with Crippen LogP contribution in [0.25, 0.3) is 10.6 Å². The number of rotatable bonds is 7. The molecule has 2 aromatic heterocycles. The van der Waals surface area contributed by atoms with E-state index in [9.17, 15) is 13.2 Å². The molecule has 1 aromatic carbocycles. The van der Waals surface area contributed by atoms with Gasteiger partial charge in [-0.05, 0) is 36.7 Å². The molecule has 0 fully saturated rings. The minimum Gasteiger partial charge on any atom is -0.495 e. The Morgan fingerprint density at radius 3 is 2.78 bits per heavy atom. The van der Waals surface area contributed by atoms with Crippen LogP contribution in [0.15, 0.2) is 51.2 Å². The Morgan fingerprint density at radius 1 is 1.30 bits per heavy atom. The first kappa shape index (κ1) is 19.1. The predicted molar refractivity (Wildman–Crippen MR) is 98.2 cm³/mol. The van der Waals surface area contributed by atoms with Gasteiger partial charge in [-0.1, -0.05) is 11.2 Å². The quantitative estimate of drug-likeness (QED) is 0.599.